The van der Waals surface area contributed by atoms with Crippen molar-refractivity contribution in [2.45, 2.75) is 19.3 Å². The van der Waals surface area contributed by atoms with Gasteiger partial charge in [-0.15, -0.1) is 0 Å². The number of para-hydroxylation sites is 1. The van der Waals surface area contributed by atoms with Crippen molar-refractivity contribution in [1.82, 2.24) is 9.88 Å². The van der Waals surface area contributed by atoms with Crippen molar-refractivity contribution in [1.29, 1.82) is 0 Å². The molecule has 0 radical (unpaired) electrons. The number of hydrogen-bond donors (Lipinski definition) is 0. The molecule has 1 aromatic carbocycles. The SMILES string of the molecule is COc1ccccc1-c1ccc(OCCN2CCCCC2)nc1. The maximum Gasteiger partial charge on any atom is 0.213 e. The molecule has 0 bridgehead atoms. The molecule has 0 aliphatic carbocycles. The molecule has 1 saturated heterocycles. The molecule has 4 nitrogen and oxygen atoms in total. The fraction of sp³-hybridized carbons (Fsp3) is 0.421. The Morgan fingerprint density at radius 2 is 1.87 bits per heavy atom. The minimum absolute atomic E-state index is 0.681. The summed E-state index contributed by atoms with van der Waals surface area (Å²) in [6, 6.07) is 11.9. The molecule has 1 fully saturated rings. The second-order valence-electron chi connectivity index (χ2n) is 5.84. The minimum atomic E-state index is 0.681. The van der Waals surface area contributed by atoms with Crippen LogP contribution < -0.4 is 9.47 Å². The van der Waals surface area contributed by atoms with E-state index in [0.29, 0.717) is 12.5 Å². The molecule has 1 aliphatic heterocycles. The van der Waals surface area contributed by atoms with E-state index in [-0.39, 0.29) is 0 Å². The third-order valence-corrected chi connectivity index (χ3v) is 4.26. The number of piperidine rings is 1. The molecule has 23 heavy (non-hydrogen) atoms. The fourth-order valence-corrected chi connectivity index (χ4v) is 2.97. The molecule has 0 N–H and O–H groups in total. The number of aromatic nitrogens is 1. The van der Waals surface area contributed by atoms with E-state index in [9.17, 15) is 0 Å². The first-order valence-electron chi connectivity index (χ1n) is 8.31. The maximum atomic E-state index is 5.77. The quantitative estimate of drug-likeness (QED) is 0.816. The molecule has 2 heterocycles. The largest absolute Gasteiger partial charge is 0.496 e. The highest BCUT2D eigenvalue weighted by Gasteiger charge is 2.10. The zero-order valence-corrected chi connectivity index (χ0v) is 13.7. The number of rotatable bonds is 6. The van der Waals surface area contributed by atoms with Crippen LogP contribution in [0, 0.1) is 0 Å². The Morgan fingerprint density at radius 3 is 2.61 bits per heavy atom. The Hall–Kier alpha value is -2.07. The molecule has 3 rings (SSSR count). The number of likely N-dealkylation sites (tertiary alicyclic amines) is 1. The van der Waals surface area contributed by atoms with Crippen molar-refractivity contribution in [3.63, 3.8) is 0 Å². The van der Waals surface area contributed by atoms with Gasteiger partial charge in [0.05, 0.1) is 7.11 Å². The van der Waals surface area contributed by atoms with E-state index >= 15 is 0 Å². The van der Waals surface area contributed by atoms with Crippen LogP contribution in [0.2, 0.25) is 0 Å². The van der Waals surface area contributed by atoms with Crippen LogP contribution in [0.3, 0.4) is 0 Å². The first kappa shape index (κ1) is 15.8. The summed E-state index contributed by atoms with van der Waals surface area (Å²) in [5, 5.41) is 0. The molecule has 0 unspecified atom stereocenters. The average molecular weight is 312 g/mol. The highest BCUT2D eigenvalue weighted by Crippen LogP contribution is 2.29. The van der Waals surface area contributed by atoms with Gasteiger partial charge in [-0.2, -0.15) is 0 Å². The van der Waals surface area contributed by atoms with Gasteiger partial charge in [0.25, 0.3) is 0 Å². The molecular weight excluding hydrogens is 288 g/mol. The lowest BCUT2D eigenvalue weighted by molar-refractivity contribution is 0.180. The standard InChI is InChI=1S/C19H24N2O2/c1-22-18-8-4-3-7-17(18)16-9-10-19(20-15-16)23-14-13-21-11-5-2-6-12-21/h3-4,7-10,15H,2,5-6,11-14H2,1H3. The topological polar surface area (TPSA) is 34.6 Å². The van der Waals surface area contributed by atoms with Gasteiger partial charge >= 0.3 is 0 Å². The van der Waals surface area contributed by atoms with Crippen LogP contribution in [0.25, 0.3) is 11.1 Å². The summed E-state index contributed by atoms with van der Waals surface area (Å²) in [7, 11) is 1.68. The molecule has 1 aliphatic rings. The van der Waals surface area contributed by atoms with Gasteiger partial charge in [0.15, 0.2) is 0 Å². The lowest BCUT2D eigenvalue weighted by Gasteiger charge is -2.26. The van der Waals surface area contributed by atoms with Gasteiger partial charge in [0, 0.05) is 29.9 Å². The van der Waals surface area contributed by atoms with Crippen molar-refractivity contribution in [3.05, 3.63) is 42.6 Å². The highest BCUT2D eigenvalue weighted by molar-refractivity contribution is 5.69. The zero-order valence-electron chi connectivity index (χ0n) is 13.7. The van der Waals surface area contributed by atoms with E-state index < -0.39 is 0 Å². The van der Waals surface area contributed by atoms with Crippen LogP contribution in [0.15, 0.2) is 42.6 Å². The van der Waals surface area contributed by atoms with Gasteiger partial charge in [0.1, 0.15) is 12.4 Å². The van der Waals surface area contributed by atoms with Crippen molar-refractivity contribution in [3.8, 4) is 22.8 Å². The predicted molar refractivity (Wildman–Crippen MR) is 92.0 cm³/mol. The predicted octanol–water partition coefficient (Wildman–Crippen LogP) is 3.62. The monoisotopic (exact) mass is 312 g/mol. The first-order valence-corrected chi connectivity index (χ1v) is 8.31. The zero-order chi connectivity index (χ0) is 15.9. The molecule has 1 aromatic heterocycles. The van der Waals surface area contributed by atoms with Crippen LogP contribution >= 0.6 is 0 Å². The Balaban J connectivity index is 1.56. The third kappa shape index (κ3) is 4.23. The highest BCUT2D eigenvalue weighted by atomic mass is 16.5. The Bertz CT molecular complexity index is 607. The van der Waals surface area contributed by atoms with Crippen LogP contribution in [-0.4, -0.2) is 43.2 Å². The van der Waals surface area contributed by atoms with E-state index in [1.807, 2.05) is 42.6 Å². The fourth-order valence-electron chi connectivity index (χ4n) is 2.97. The summed E-state index contributed by atoms with van der Waals surface area (Å²) >= 11 is 0. The van der Waals surface area contributed by atoms with Crippen molar-refractivity contribution < 1.29 is 9.47 Å². The summed E-state index contributed by atoms with van der Waals surface area (Å²) in [4.78, 5) is 6.88. The van der Waals surface area contributed by atoms with Gasteiger partial charge in [-0.05, 0) is 38.1 Å². The number of ether oxygens (including phenoxy) is 2. The van der Waals surface area contributed by atoms with E-state index in [1.165, 1.54) is 32.4 Å². The smallest absolute Gasteiger partial charge is 0.213 e. The Morgan fingerprint density at radius 1 is 1.04 bits per heavy atom. The molecule has 0 spiro atoms. The second kappa shape index (κ2) is 7.97. The molecular formula is C19H24N2O2. The van der Waals surface area contributed by atoms with Crippen LogP contribution in [0.1, 0.15) is 19.3 Å². The van der Waals surface area contributed by atoms with Gasteiger partial charge in [-0.1, -0.05) is 24.6 Å². The van der Waals surface area contributed by atoms with Gasteiger partial charge in [-0.3, -0.25) is 4.90 Å². The second-order valence-corrected chi connectivity index (χ2v) is 5.84. The van der Waals surface area contributed by atoms with Crippen LogP contribution in [0.4, 0.5) is 0 Å². The number of benzene rings is 1. The molecule has 4 heteroatoms. The van der Waals surface area contributed by atoms with E-state index in [1.54, 1.807) is 7.11 Å². The van der Waals surface area contributed by atoms with Gasteiger partial charge in [-0.25, -0.2) is 4.98 Å². The molecule has 0 saturated carbocycles. The van der Waals surface area contributed by atoms with Gasteiger partial charge < -0.3 is 9.47 Å². The summed E-state index contributed by atoms with van der Waals surface area (Å²) < 4.78 is 11.2. The average Bonchev–Trinajstić information content (AvgIpc) is 2.63. The molecule has 122 valence electrons. The van der Waals surface area contributed by atoms with E-state index in [0.717, 1.165) is 23.4 Å². The summed E-state index contributed by atoms with van der Waals surface area (Å²) in [5.74, 6) is 1.54. The van der Waals surface area contributed by atoms with Gasteiger partial charge in [0.2, 0.25) is 5.88 Å². The lowest BCUT2D eigenvalue weighted by Crippen LogP contribution is -2.33. The number of pyridine rings is 1. The number of hydrogen-bond acceptors (Lipinski definition) is 4. The summed E-state index contributed by atoms with van der Waals surface area (Å²) in [6.07, 6.45) is 5.83. The summed E-state index contributed by atoms with van der Waals surface area (Å²) in [6.45, 7) is 4.07. The number of methoxy groups -OCH3 is 1. The minimum Gasteiger partial charge on any atom is -0.496 e. The molecule has 0 amide bonds. The van der Waals surface area contributed by atoms with Crippen LogP contribution in [0.5, 0.6) is 11.6 Å². The van der Waals surface area contributed by atoms with E-state index in [2.05, 4.69) is 9.88 Å². The Kier molecular flexibility index (Phi) is 5.48. The third-order valence-electron chi connectivity index (χ3n) is 4.26. The normalized spacial score (nSPS) is 15.3. The number of nitrogens with zero attached hydrogens (tertiary/aromatic N) is 2. The molecule has 2 aromatic rings. The molecule has 0 atom stereocenters. The Labute approximate surface area is 138 Å². The van der Waals surface area contributed by atoms with Crippen molar-refractivity contribution in [2.75, 3.05) is 33.4 Å². The lowest BCUT2D eigenvalue weighted by atomic mass is 10.1. The maximum absolute atomic E-state index is 5.77. The van der Waals surface area contributed by atoms with Crippen molar-refractivity contribution in [2.24, 2.45) is 0 Å². The first-order chi connectivity index (χ1) is 11.4. The van der Waals surface area contributed by atoms with Crippen molar-refractivity contribution >= 4 is 0 Å². The van der Waals surface area contributed by atoms with Crippen LogP contribution in [-0.2, 0) is 0 Å². The van der Waals surface area contributed by atoms with E-state index in [4.69, 9.17) is 9.47 Å². The summed E-state index contributed by atoms with van der Waals surface area (Å²) in [5.41, 5.74) is 2.08.